The number of hydrogen-bond donors (Lipinski definition) is 1. The van der Waals surface area contributed by atoms with Crippen molar-refractivity contribution in [1.29, 1.82) is 5.26 Å². The molecule has 66 valence electrons. The van der Waals surface area contributed by atoms with Crippen LogP contribution in [-0.4, -0.2) is 5.78 Å². The van der Waals surface area contributed by atoms with Crippen LogP contribution in [0.4, 0.5) is 0 Å². The van der Waals surface area contributed by atoms with E-state index in [-0.39, 0.29) is 5.78 Å². The van der Waals surface area contributed by atoms with E-state index >= 15 is 0 Å². The molecule has 0 bridgehead atoms. The second kappa shape index (κ2) is 3.83. The van der Waals surface area contributed by atoms with Crippen LogP contribution < -0.4 is 5.73 Å². The Balaban J connectivity index is 2.93. The van der Waals surface area contributed by atoms with Gasteiger partial charge in [0.25, 0.3) is 0 Å². The molecule has 0 radical (unpaired) electrons. The number of ketones is 1. The largest absolute Gasteiger partial charge is 0.318 e. The molecule has 0 saturated heterocycles. The molecule has 13 heavy (non-hydrogen) atoms. The second-order valence-corrected chi connectivity index (χ2v) is 2.82. The van der Waals surface area contributed by atoms with E-state index < -0.39 is 6.04 Å². The molecule has 0 aliphatic carbocycles. The van der Waals surface area contributed by atoms with E-state index in [1.807, 2.05) is 6.07 Å². The topological polar surface area (TPSA) is 66.9 Å². The molecule has 1 rings (SSSR count). The summed E-state index contributed by atoms with van der Waals surface area (Å²) in [5.74, 6) is -0.0790. The summed E-state index contributed by atoms with van der Waals surface area (Å²) in [5, 5.41) is 8.53. The number of nitriles is 1. The Morgan fingerprint density at radius 1 is 1.46 bits per heavy atom. The van der Waals surface area contributed by atoms with Crippen LogP contribution >= 0.6 is 0 Å². The maximum atomic E-state index is 10.9. The Morgan fingerprint density at radius 2 is 2.00 bits per heavy atom. The van der Waals surface area contributed by atoms with Gasteiger partial charge in [-0.3, -0.25) is 4.79 Å². The Bertz CT molecular complexity index is 348. The van der Waals surface area contributed by atoms with Crippen LogP contribution in [0.1, 0.15) is 24.1 Å². The standard InChI is InChI=1S/C10H10N2O/c1-7(13)10(12)9-4-2-8(6-11)3-5-9/h2-5,10H,12H2,1H3. The first-order valence-electron chi connectivity index (χ1n) is 3.91. The van der Waals surface area contributed by atoms with Crippen LogP contribution in [0.3, 0.4) is 0 Å². The molecular formula is C10H10N2O. The molecule has 0 aromatic heterocycles. The third kappa shape index (κ3) is 2.14. The molecular weight excluding hydrogens is 164 g/mol. The van der Waals surface area contributed by atoms with Gasteiger partial charge in [-0.05, 0) is 24.6 Å². The Hall–Kier alpha value is -1.66. The van der Waals surface area contributed by atoms with Crippen LogP contribution in [-0.2, 0) is 4.79 Å². The van der Waals surface area contributed by atoms with Crippen molar-refractivity contribution in [3.8, 4) is 6.07 Å². The Kier molecular flexibility index (Phi) is 2.78. The molecule has 0 fully saturated rings. The lowest BCUT2D eigenvalue weighted by atomic mass is 10.0. The predicted molar refractivity (Wildman–Crippen MR) is 48.8 cm³/mol. The van der Waals surface area contributed by atoms with Gasteiger partial charge in [0.15, 0.2) is 5.78 Å². The van der Waals surface area contributed by atoms with E-state index in [2.05, 4.69) is 0 Å². The highest BCUT2D eigenvalue weighted by molar-refractivity contribution is 5.82. The number of nitrogens with two attached hydrogens (primary N) is 1. The van der Waals surface area contributed by atoms with Gasteiger partial charge in [0.2, 0.25) is 0 Å². The molecule has 0 spiro atoms. The maximum absolute atomic E-state index is 10.9. The van der Waals surface area contributed by atoms with Crippen molar-refractivity contribution in [2.45, 2.75) is 13.0 Å². The van der Waals surface area contributed by atoms with Crippen molar-refractivity contribution in [3.63, 3.8) is 0 Å². The summed E-state index contributed by atoms with van der Waals surface area (Å²) >= 11 is 0. The molecule has 2 N–H and O–H groups in total. The quantitative estimate of drug-likeness (QED) is 0.731. The number of nitrogens with zero attached hydrogens (tertiary/aromatic N) is 1. The van der Waals surface area contributed by atoms with Gasteiger partial charge in [0.05, 0.1) is 17.7 Å². The van der Waals surface area contributed by atoms with E-state index in [1.165, 1.54) is 6.92 Å². The Morgan fingerprint density at radius 3 is 2.38 bits per heavy atom. The highest BCUT2D eigenvalue weighted by atomic mass is 16.1. The first-order valence-corrected chi connectivity index (χ1v) is 3.91. The van der Waals surface area contributed by atoms with Crippen LogP contribution in [0.15, 0.2) is 24.3 Å². The lowest BCUT2D eigenvalue weighted by Gasteiger charge is -2.06. The summed E-state index contributed by atoms with van der Waals surface area (Å²) in [6.07, 6.45) is 0. The second-order valence-electron chi connectivity index (χ2n) is 2.82. The molecule has 0 amide bonds. The van der Waals surface area contributed by atoms with Crippen molar-refractivity contribution >= 4 is 5.78 Å². The van der Waals surface area contributed by atoms with Crippen LogP contribution in [0.2, 0.25) is 0 Å². The zero-order valence-corrected chi connectivity index (χ0v) is 7.32. The molecule has 0 heterocycles. The van der Waals surface area contributed by atoms with E-state index in [1.54, 1.807) is 24.3 Å². The van der Waals surface area contributed by atoms with Crippen molar-refractivity contribution in [1.82, 2.24) is 0 Å². The molecule has 1 atom stereocenters. The first-order chi connectivity index (χ1) is 6.15. The molecule has 1 unspecified atom stereocenters. The molecule has 0 saturated carbocycles. The van der Waals surface area contributed by atoms with Crippen molar-refractivity contribution in [2.75, 3.05) is 0 Å². The molecule has 0 aliphatic heterocycles. The van der Waals surface area contributed by atoms with Gasteiger partial charge in [-0.15, -0.1) is 0 Å². The minimum absolute atomic E-state index is 0.0790. The van der Waals surface area contributed by atoms with E-state index in [0.29, 0.717) is 5.56 Å². The lowest BCUT2D eigenvalue weighted by Crippen LogP contribution is -2.18. The number of carbonyl (C=O) groups excluding carboxylic acids is 1. The number of Topliss-reactive ketones (excluding diaryl/α,β-unsaturated/α-hetero) is 1. The fraction of sp³-hybridized carbons (Fsp3) is 0.200. The summed E-state index contributed by atoms with van der Waals surface area (Å²) < 4.78 is 0. The smallest absolute Gasteiger partial charge is 0.150 e. The van der Waals surface area contributed by atoms with E-state index in [0.717, 1.165) is 5.56 Å². The summed E-state index contributed by atoms with van der Waals surface area (Å²) in [4.78, 5) is 10.9. The van der Waals surface area contributed by atoms with Gasteiger partial charge in [0.1, 0.15) is 0 Å². The summed E-state index contributed by atoms with van der Waals surface area (Å²) in [7, 11) is 0. The fourth-order valence-corrected chi connectivity index (χ4v) is 1.000. The molecule has 1 aromatic rings. The van der Waals surface area contributed by atoms with Crippen LogP contribution in [0.25, 0.3) is 0 Å². The zero-order chi connectivity index (χ0) is 9.84. The zero-order valence-electron chi connectivity index (χ0n) is 7.32. The summed E-state index contributed by atoms with van der Waals surface area (Å²) in [5.41, 5.74) is 6.91. The summed E-state index contributed by atoms with van der Waals surface area (Å²) in [6.45, 7) is 1.45. The number of rotatable bonds is 2. The number of benzene rings is 1. The van der Waals surface area contributed by atoms with Gasteiger partial charge in [-0.2, -0.15) is 5.26 Å². The molecule has 3 nitrogen and oxygen atoms in total. The normalized spacial score (nSPS) is 11.8. The van der Waals surface area contributed by atoms with Crippen LogP contribution in [0.5, 0.6) is 0 Å². The van der Waals surface area contributed by atoms with Gasteiger partial charge >= 0.3 is 0 Å². The number of hydrogen-bond acceptors (Lipinski definition) is 3. The summed E-state index contributed by atoms with van der Waals surface area (Å²) in [6, 6.07) is 8.12. The fourth-order valence-electron chi connectivity index (χ4n) is 1.000. The Labute approximate surface area is 76.8 Å². The monoisotopic (exact) mass is 174 g/mol. The predicted octanol–water partition coefficient (Wildman–Crippen LogP) is 1.15. The van der Waals surface area contributed by atoms with Gasteiger partial charge in [-0.25, -0.2) is 0 Å². The maximum Gasteiger partial charge on any atom is 0.150 e. The van der Waals surface area contributed by atoms with Gasteiger partial charge < -0.3 is 5.73 Å². The van der Waals surface area contributed by atoms with Gasteiger partial charge in [-0.1, -0.05) is 12.1 Å². The minimum atomic E-state index is -0.576. The third-order valence-corrected chi connectivity index (χ3v) is 1.84. The van der Waals surface area contributed by atoms with Crippen LogP contribution in [0, 0.1) is 11.3 Å². The highest BCUT2D eigenvalue weighted by Gasteiger charge is 2.09. The van der Waals surface area contributed by atoms with Crippen molar-refractivity contribution in [2.24, 2.45) is 5.73 Å². The molecule has 1 aromatic carbocycles. The average Bonchev–Trinajstić information content (AvgIpc) is 2.17. The van der Waals surface area contributed by atoms with Crippen molar-refractivity contribution < 1.29 is 4.79 Å². The minimum Gasteiger partial charge on any atom is -0.318 e. The molecule has 3 heteroatoms. The SMILES string of the molecule is CC(=O)C(N)c1ccc(C#N)cc1. The molecule has 0 aliphatic rings. The lowest BCUT2D eigenvalue weighted by molar-refractivity contribution is -0.118. The van der Waals surface area contributed by atoms with Crippen molar-refractivity contribution in [3.05, 3.63) is 35.4 Å². The highest BCUT2D eigenvalue weighted by Crippen LogP contribution is 2.11. The first kappa shape index (κ1) is 9.43. The van der Waals surface area contributed by atoms with E-state index in [4.69, 9.17) is 11.0 Å². The van der Waals surface area contributed by atoms with Gasteiger partial charge in [0, 0.05) is 0 Å². The average molecular weight is 174 g/mol. The number of carbonyl (C=O) groups is 1. The van der Waals surface area contributed by atoms with E-state index in [9.17, 15) is 4.79 Å². The third-order valence-electron chi connectivity index (χ3n) is 1.84.